The SMILES string of the molecule is Clc1cc(-c2cccnc2)cc(-c2ccccc2-c2cc(-c3ccccc3)nc(-c3ccccc3)n2)c1. The molecule has 0 N–H and O–H groups in total. The van der Waals surface area contributed by atoms with Gasteiger partial charge in [0.25, 0.3) is 0 Å². The fourth-order valence-electron chi connectivity index (χ4n) is 4.46. The molecule has 0 amide bonds. The van der Waals surface area contributed by atoms with Gasteiger partial charge in [0.05, 0.1) is 11.4 Å². The predicted molar refractivity (Wildman–Crippen MR) is 152 cm³/mol. The van der Waals surface area contributed by atoms with E-state index in [0.717, 1.165) is 50.3 Å². The summed E-state index contributed by atoms with van der Waals surface area (Å²) in [5.74, 6) is 0.689. The van der Waals surface area contributed by atoms with E-state index in [-0.39, 0.29) is 0 Å². The first-order valence-electron chi connectivity index (χ1n) is 12.1. The first-order chi connectivity index (χ1) is 18.2. The number of rotatable bonds is 5. The van der Waals surface area contributed by atoms with Gasteiger partial charge in [0.2, 0.25) is 0 Å². The molecule has 0 atom stereocenters. The van der Waals surface area contributed by atoms with Crippen molar-refractivity contribution in [1.29, 1.82) is 0 Å². The van der Waals surface area contributed by atoms with Crippen LogP contribution in [0.1, 0.15) is 0 Å². The Balaban J connectivity index is 1.54. The molecule has 0 saturated heterocycles. The topological polar surface area (TPSA) is 38.7 Å². The van der Waals surface area contributed by atoms with Crippen molar-refractivity contribution in [2.24, 2.45) is 0 Å². The van der Waals surface area contributed by atoms with Crippen LogP contribution >= 0.6 is 11.6 Å². The van der Waals surface area contributed by atoms with Gasteiger partial charge in [-0.1, -0.05) is 103 Å². The minimum Gasteiger partial charge on any atom is -0.264 e. The number of nitrogens with zero attached hydrogens (tertiary/aromatic N) is 3. The molecule has 6 aromatic rings. The average Bonchev–Trinajstić information content (AvgIpc) is 2.98. The van der Waals surface area contributed by atoms with Crippen LogP contribution in [0.15, 0.2) is 134 Å². The zero-order valence-electron chi connectivity index (χ0n) is 19.9. The molecular weight excluding hydrogens is 474 g/mol. The van der Waals surface area contributed by atoms with Gasteiger partial charge in [0.15, 0.2) is 5.82 Å². The van der Waals surface area contributed by atoms with Crippen LogP contribution in [-0.2, 0) is 0 Å². The molecule has 0 fully saturated rings. The summed E-state index contributed by atoms with van der Waals surface area (Å²) in [6, 6.07) is 40.8. The Kier molecular flexibility index (Phi) is 6.28. The van der Waals surface area contributed by atoms with Gasteiger partial charge >= 0.3 is 0 Å². The maximum Gasteiger partial charge on any atom is 0.160 e. The first-order valence-corrected chi connectivity index (χ1v) is 12.4. The van der Waals surface area contributed by atoms with Crippen LogP contribution in [0.25, 0.3) is 56.2 Å². The molecular formula is C33H22ClN3. The van der Waals surface area contributed by atoms with Gasteiger partial charge in [-0.15, -0.1) is 0 Å². The van der Waals surface area contributed by atoms with E-state index in [1.165, 1.54) is 0 Å². The smallest absolute Gasteiger partial charge is 0.160 e. The summed E-state index contributed by atoms with van der Waals surface area (Å²) in [5.41, 5.74) is 8.86. The Labute approximate surface area is 221 Å². The van der Waals surface area contributed by atoms with E-state index in [2.05, 4.69) is 41.4 Å². The molecule has 2 aromatic heterocycles. The van der Waals surface area contributed by atoms with Crippen molar-refractivity contribution >= 4 is 11.6 Å². The Morgan fingerprint density at radius 2 is 1.08 bits per heavy atom. The maximum atomic E-state index is 6.61. The Morgan fingerprint density at radius 1 is 0.459 bits per heavy atom. The lowest BCUT2D eigenvalue weighted by Gasteiger charge is -2.14. The number of hydrogen-bond acceptors (Lipinski definition) is 3. The maximum absolute atomic E-state index is 6.61. The van der Waals surface area contributed by atoms with Gasteiger partial charge in [0, 0.05) is 39.7 Å². The first kappa shape index (κ1) is 22.8. The van der Waals surface area contributed by atoms with Crippen LogP contribution in [0.3, 0.4) is 0 Å². The van der Waals surface area contributed by atoms with Gasteiger partial charge in [0.1, 0.15) is 0 Å². The molecule has 176 valence electrons. The summed E-state index contributed by atoms with van der Waals surface area (Å²) in [6.45, 7) is 0. The third-order valence-corrected chi connectivity index (χ3v) is 6.45. The highest BCUT2D eigenvalue weighted by atomic mass is 35.5. The summed E-state index contributed by atoms with van der Waals surface area (Å²) < 4.78 is 0. The van der Waals surface area contributed by atoms with Gasteiger partial charge in [-0.25, -0.2) is 9.97 Å². The summed E-state index contributed by atoms with van der Waals surface area (Å²) in [5, 5.41) is 0.670. The molecule has 4 aromatic carbocycles. The second-order valence-corrected chi connectivity index (χ2v) is 9.15. The van der Waals surface area contributed by atoms with Gasteiger partial charge in [-0.2, -0.15) is 0 Å². The van der Waals surface area contributed by atoms with Crippen LogP contribution in [0.2, 0.25) is 5.02 Å². The van der Waals surface area contributed by atoms with E-state index in [0.29, 0.717) is 10.8 Å². The van der Waals surface area contributed by atoms with E-state index >= 15 is 0 Å². The molecule has 0 aliphatic rings. The Hall–Kier alpha value is -4.60. The lowest BCUT2D eigenvalue weighted by atomic mass is 9.94. The molecule has 2 heterocycles. The third kappa shape index (κ3) is 4.90. The van der Waals surface area contributed by atoms with E-state index in [4.69, 9.17) is 21.6 Å². The summed E-state index contributed by atoms with van der Waals surface area (Å²) in [4.78, 5) is 14.2. The van der Waals surface area contributed by atoms with Crippen molar-refractivity contribution in [2.75, 3.05) is 0 Å². The molecule has 4 heteroatoms. The van der Waals surface area contributed by atoms with Crippen LogP contribution < -0.4 is 0 Å². The minimum absolute atomic E-state index is 0.670. The van der Waals surface area contributed by atoms with Crippen molar-refractivity contribution in [2.45, 2.75) is 0 Å². The monoisotopic (exact) mass is 495 g/mol. The number of halogens is 1. The molecule has 37 heavy (non-hydrogen) atoms. The van der Waals surface area contributed by atoms with Crippen molar-refractivity contribution < 1.29 is 0 Å². The minimum atomic E-state index is 0.670. The molecule has 3 nitrogen and oxygen atoms in total. The lowest BCUT2D eigenvalue weighted by Crippen LogP contribution is -1.97. The zero-order valence-corrected chi connectivity index (χ0v) is 20.7. The normalized spacial score (nSPS) is 10.8. The van der Waals surface area contributed by atoms with Crippen LogP contribution in [0.4, 0.5) is 0 Å². The van der Waals surface area contributed by atoms with Gasteiger partial charge in [-0.05, 0) is 47.0 Å². The summed E-state index contributed by atoms with van der Waals surface area (Å²) in [6.07, 6.45) is 3.62. The summed E-state index contributed by atoms with van der Waals surface area (Å²) in [7, 11) is 0. The van der Waals surface area contributed by atoms with Gasteiger partial charge < -0.3 is 0 Å². The average molecular weight is 496 g/mol. The molecule has 0 bridgehead atoms. The standard InChI is InChI=1S/C33H22ClN3/c34-28-19-26(25-14-9-17-35-22-25)18-27(20-28)29-15-7-8-16-30(29)32-21-31(23-10-3-1-4-11-23)36-33(37-32)24-12-5-2-6-13-24/h1-22H. The van der Waals surface area contributed by atoms with E-state index in [9.17, 15) is 0 Å². The number of pyridine rings is 1. The molecule has 0 unspecified atom stereocenters. The molecule has 0 saturated carbocycles. The van der Waals surface area contributed by atoms with Crippen molar-refractivity contribution in [1.82, 2.24) is 15.0 Å². The summed E-state index contributed by atoms with van der Waals surface area (Å²) >= 11 is 6.61. The third-order valence-electron chi connectivity index (χ3n) is 6.23. The molecule has 6 rings (SSSR count). The van der Waals surface area contributed by atoms with E-state index in [1.54, 1.807) is 6.20 Å². The quantitative estimate of drug-likeness (QED) is 0.240. The molecule has 0 radical (unpaired) electrons. The highest BCUT2D eigenvalue weighted by Crippen LogP contribution is 2.37. The predicted octanol–water partition coefficient (Wildman–Crippen LogP) is 8.86. The fraction of sp³-hybridized carbons (Fsp3) is 0. The van der Waals surface area contributed by atoms with Crippen molar-refractivity contribution in [3.8, 4) is 56.2 Å². The van der Waals surface area contributed by atoms with Crippen molar-refractivity contribution in [3.05, 3.63) is 139 Å². The highest BCUT2D eigenvalue weighted by Gasteiger charge is 2.15. The van der Waals surface area contributed by atoms with Gasteiger partial charge in [-0.3, -0.25) is 4.98 Å². The van der Waals surface area contributed by atoms with E-state index < -0.39 is 0 Å². The van der Waals surface area contributed by atoms with Crippen LogP contribution in [0.5, 0.6) is 0 Å². The zero-order chi connectivity index (χ0) is 25.0. The molecule has 0 aliphatic carbocycles. The molecule has 0 spiro atoms. The fourth-order valence-corrected chi connectivity index (χ4v) is 4.70. The molecule has 0 aliphatic heterocycles. The Bertz CT molecular complexity index is 1610. The highest BCUT2D eigenvalue weighted by molar-refractivity contribution is 6.31. The lowest BCUT2D eigenvalue weighted by molar-refractivity contribution is 1.18. The second-order valence-electron chi connectivity index (χ2n) is 8.71. The van der Waals surface area contributed by atoms with E-state index in [1.807, 2.05) is 91.1 Å². The number of hydrogen-bond donors (Lipinski definition) is 0. The van der Waals surface area contributed by atoms with Crippen LogP contribution in [-0.4, -0.2) is 15.0 Å². The number of aromatic nitrogens is 3. The largest absolute Gasteiger partial charge is 0.264 e. The number of benzene rings is 4. The van der Waals surface area contributed by atoms with Crippen molar-refractivity contribution in [3.63, 3.8) is 0 Å². The van der Waals surface area contributed by atoms with Crippen LogP contribution in [0, 0.1) is 0 Å². The second kappa shape index (κ2) is 10.2. The Morgan fingerprint density at radius 3 is 1.81 bits per heavy atom.